The van der Waals surface area contributed by atoms with Crippen molar-refractivity contribution in [2.24, 2.45) is 0 Å². The Morgan fingerprint density at radius 2 is 1.82 bits per heavy atom. The normalized spacial score (nSPS) is 17.1. The SMILES string of the molecule is CC(=O)c1nn(CC(=O)N2C[C@H](F)C[C@H]2C(=O)Cc2ccc(C)c(Br)n2)c2ccc(-c3cnc(C)nc3)cc12. The molecule has 39 heavy (non-hydrogen) atoms. The standard InChI is InChI=1S/C28H26BrFN6O3/c1-15-4-6-21(33-28(15)29)10-25(38)24-9-20(30)13-35(24)26(39)14-36-23-7-5-18(19-11-31-17(3)32-12-19)8-22(23)27(34-36)16(2)37/h4-8,11-12,20,24H,9-10,13-14H2,1-3H3/t20-,24+/m1/s1. The zero-order valence-electron chi connectivity index (χ0n) is 21.7. The second kappa shape index (κ2) is 10.7. The number of nitrogens with zero attached hydrogens (tertiary/aromatic N) is 6. The summed E-state index contributed by atoms with van der Waals surface area (Å²) in [6.45, 7) is 4.69. The number of hydrogen-bond donors (Lipinski definition) is 0. The van der Waals surface area contributed by atoms with Gasteiger partial charge in [0.25, 0.3) is 0 Å². The van der Waals surface area contributed by atoms with E-state index in [9.17, 15) is 18.8 Å². The van der Waals surface area contributed by atoms with E-state index in [2.05, 4.69) is 36.0 Å². The third-order valence-corrected chi connectivity index (χ3v) is 7.68. The van der Waals surface area contributed by atoms with Crippen LogP contribution in [0.4, 0.5) is 4.39 Å². The molecule has 0 bridgehead atoms. The number of fused-ring (bicyclic) bond motifs is 1. The van der Waals surface area contributed by atoms with Crippen LogP contribution in [-0.2, 0) is 22.6 Å². The van der Waals surface area contributed by atoms with Crippen molar-refractivity contribution < 1.29 is 18.8 Å². The summed E-state index contributed by atoms with van der Waals surface area (Å²) < 4.78 is 16.6. The first-order valence-electron chi connectivity index (χ1n) is 12.5. The summed E-state index contributed by atoms with van der Waals surface area (Å²) in [4.78, 5) is 53.1. The molecule has 0 saturated carbocycles. The molecule has 0 aliphatic carbocycles. The molecular weight excluding hydrogens is 567 g/mol. The van der Waals surface area contributed by atoms with E-state index in [4.69, 9.17) is 0 Å². The van der Waals surface area contributed by atoms with Gasteiger partial charge >= 0.3 is 0 Å². The number of likely N-dealkylation sites (tertiary alicyclic amines) is 1. The summed E-state index contributed by atoms with van der Waals surface area (Å²) in [6, 6.07) is 8.15. The van der Waals surface area contributed by atoms with Crippen LogP contribution in [0, 0.1) is 13.8 Å². The van der Waals surface area contributed by atoms with Gasteiger partial charge in [0.05, 0.1) is 24.5 Å². The van der Waals surface area contributed by atoms with Gasteiger partial charge in [0.15, 0.2) is 11.6 Å². The highest BCUT2D eigenvalue weighted by Crippen LogP contribution is 2.28. The van der Waals surface area contributed by atoms with Gasteiger partial charge in [-0.05, 0) is 59.1 Å². The highest BCUT2D eigenvalue weighted by atomic mass is 79.9. The van der Waals surface area contributed by atoms with Crippen LogP contribution >= 0.6 is 15.9 Å². The van der Waals surface area contributed by atoms with Crippen LogP contribution in [-0.4, -0.2) is 65.9 Å². The molecule has 1 aliphatic heterocycles. The molecular formula is C28H26BrFN6O3. The van der Waals surface area contributed by atoms with Crippen molar-refractivity contribution in [2.75, 3.05) is 6.54 Å². The van der Waals surface area contributed by atoms with E-state index in [1.165, 1.54) is 16.5 Å². The van der Waals surface area contributed by atoms with E-state index in [-0.39, 0.29) is 43.2 Å². The molecule has 0 N–H and O–H groups in total. The van der Waals surface area contributed by atoms with Crippen molar-refractivity contribution >= 4 is 44.3 Å². The first-order valence-corrected chi connectivity index (χ1v) is 13.3. The molecule has 1 amide bonds. The fourth-order valence-electron chi connectivity index (χ4n) is 4.80. The largest absolute Gasteiger partial charge is 0.328 e. The lowest BCUT2D eigenvalue weighted by Gasteiger charge is -2.23. The molecule has 9 nitrogen and oxygen atoms in total. The molecule has 3 aromatic heterocycles. The van der Waals surface area contributed by atoms with Crippen LogP contribution in [0.1, 0.15) is 40.9 Å². The van der Waals surface area contributed by atoms with E-state index in [0.29, 0.717) is 27.0 Å². The number of aryl methyl sites for hydroxylation is 2. The molecule has 4 aromatic rings. The van der Waals surface area contributed by atoms with Crippen molar-refractivity contribution in [3.05, 3.63) is 70.1 Å². The number of carbonyl (C=O) groups is 3. The molecule has 1 saturated heterocycles. The molecule has 0 spiro atoms. The van der Waals surface area contributed by atoms with Gasteiger partial charge in [-0.3, -0.25) is 19.1 Å². The number of benzene rings is 1. The number of rotatable bonds is 7. The summed E-state index contributed by atoms with van der Waals surface area (Å²) in [5.41, 5.74) is 3.87. The minimum Gasteiger partial charge on any atom is -0.328 e. The van der Waals surface area contributed by atoms with Gasteiger partial charge in [0, 0.05) is 42.4 Å². The Labute approximate surface area is 232 Å². The Bertz CT molecular complexity index is 1600. The van der Waals surface area contributed by atoms with Gasteiger partial charge in [-0.15, -0.1) is 0 Å². The average molecular weight is 593 g/mol. The first kappa shape index (κ1) is 26.7. The lowest BCUT2D eigenvalue weighted by atomic mass is 10.0. The Hall–Kier alpha value is -3.86. The van der Waals surface area contributed by atoms with Gasteiger partial charge in [0.2, 0.25) is 5.91 Å². The van der Waals surface area contributed by atoms with Gasteiger partial charge in [0.1, 0.15) is 28.8 Å². The number of ketones is 2. The monoisotopic (exact) mass is 592 g/mol. The second-order valence-electron chi connectivity index (χ2n) is 9.76. The van der Waals surface area contributed by atoms with Crippen LogP contribution in [0.15, 0.2) is 47.3 Å². The number of hydrogen-bond acceptors (Lipinski definition) is 7. The molecule has 4 heterocycles. The van der Waals surface area contributed by atoms with Crippen molar-refractivity contribution in [3.8, 4) is 11.1 Å². The number of amides is 1. The second-order valence-corrected chi connectivity index (χ2v) is 10.5. The van der Waals surface area contributed by atoms with Crippen molar-refractivity contribution in [2.45, 2.75) is 52.4 Å². The smallest absolute Gasteiger partial charge is 0.245 e. The number of alkyl halides is 1. The highest BCUT2D eigenvalue weighted by molar-refractivity contribution is 9.10. The van der Waals surface area contributed by atoms with E-state index in [0.717, 1.165) is 16.7 Å². The lowest BCUT2D eigenvalue weighted by molar-refractivity contribution is -0.138. The molecule has 11 heteroatoms. The summed E-state index contributed by atoms with van der Waals surface area (Å²) in [7, 11) is 0. The molecule has 0 radical (unpaired) electrons. The summed E-state index contributed by atoms with van der Waals surface area (Å²) >= 11 is 3.37. The van der Waals surface area contributed by atoms with Crippen LogP contribution in [0.3, 0.4) is 0 Å². The van der Waals surface area contributed by atoms with Gasteiger partial charge in [-0.25, -0.2) is 19.3 Å². The minimum atomic E-state index is -1.30. The third-order valence-electron chi connectivity index (χ3n) is 6.87. The van der Waals surface area contributed by atoms with Crippen molar-refractivity contribution in [1.82, 2.24) is 29.6 Å². The fourth-order valence-corrected chi connectivity index (χ4v) is 5.16. The Balaban J connectivity index is 1.40. The van der Waals surface area contributed by atoms with Crippen molar-refractivity contribution in [3.63, 3.8) is 0 Å². The number of halogens is 2. The molecule has 200 valence electrons. The van der Waals surface area contributed by atoms with E-state index in [1.807, 2.05) is 25.1 Å². The third kappa shape index (κ3) is 5.49. The van der Waals surface area contributed by atoms with E-state index in [1.54, 1.807) is 31.5 Å². The Kier molecular flexibility index (Phi) is 7.35. The fraction of sp³-hybridized carbons (Fsp3) is 0.321. The van der Waals surface area contributed by atoms with Gasteiger partial charge in [-0.2, -0.15) is 5.10 Å². The molecule has 0 unspecified atom stereocenters. The number of Topliss-reactive ketones (excluding diaryl/α,β-unsaturated/α-hetero) is 2. The number of aromatic nitrogens is 5. The molecule has 1 aliphatic rings. The van der Waals surface area contributed by atoms with E-state index < -0.39 is 18.1 Å². The maximum Gasteiger partial charge on any atom is 0.245 e. The average Bonchev–Trinajstić information content (AvgIpc) is 3.47. The number of pyridine rings is 1. The predicted molar refractivity (Wildman–Crippen MR) is 146 cm³/mol. The zero-order chi connectivity index (χ0) is 27.8. The van der Waals surface area contributed by atoms with Crippen LogP contribution in [0.5, 0.6) is 0 Å². The topological polar surface area (TPSA) is 111 Å². The molecule has 5 rings (SSSR count). The number of carbonyl (C=O) groups excluding carboxylic acids is 3. The van der Waals surface area contributed by atoms with Gasteiger partial charge < -0.3 is 4.90 Å². The van der Waals surface area contributed by atoms with Gasteiger partial charge in [-0.1, -0.05) is 12.1 Å². The minimum absolute atomic E-state index is 0.00919. The maximum atomic E-state index is 14.5. The Morgan fingerprint density at radius 1 is 1.08 bits per heavy atom. The quantitative estimate of drug-likeness (QED) is 0.233. The summed E-state index contributed by atoms with van der Waals surface area (Å²) in [5.74, 6) is -0.320. The summed E-state index contributed by atoms with van der Waals surface area (Å²) in [6.07, 6.45) is 2.03. The van der Waals surface area contributed by atoms with Crippen LogP contribution < -0.4 is 0 Å². The Morgan fingerprint density at radius 3 is 2.51 bits per heavy atom. The van der Waals surface area contributed by atoms with Crippen molar-refractivity contribution in [1.29, 1.82) is 0 Å². The molecule has 1 fully saturated rings. The molecule has 1 aromatic carbocycles. The zero-order valence-corrected chi connectivity index (χ0v) is 23.3. The predicted octanol–water partition coefficient (Wildman–Crippen LogP) is 4.22. The highest BCUT2D eigenvalue weighted by Gasteiger charge is 2.39. The molecule has 2 atom stereocenters. The lowest BCUT2D eigenvalue weighted by Crippen LogP contribution is -2.43. The van der Waals surface area contributed by atoms with Crippen LogP contribution in [0.2, 0.25) is 0 Å². The first-order chi connectivity index (χ1) is 18.6. The van der Waals surface area contributed by atoms with E-state index >= 15 is 0 Å². The summed E-state index contributed by atoms with van der Waals surface area (Å²) in [5, 5.41) is 5.00. The maximum absolute atomic E-state index is 14.5. The van der Waals surface area contributed by atoms with Crippen LogP contribution in [0.25, 0.3) is 22.0 Å².